The van der Waals surface area contributed by atoms with Crippen molar-refractivity contribution in [2.45, 2.75) is 33.2 Å². The molecule has 5 nitrogen and oxygen atoms in total. The molecule has 0 bridgehead atoms. The van der Waals surface area contributed by atoms with Crippen molar-refractivity contribution in [2.75, 3.05) is 11.4 Å². The first-order valence-corrected chi connectivity index (χ1v) is 11.3. The van der Waals surface area contributed by atoms with Gasteiger partial charge in [0.05, 0.1) is 12.2 Å². The fourth-order valence-corrected chi connectivity index (χ4v) is 4.47. The van der Waals surface area contributed by atoms with Crippen LogP contribution in [-0.4, -0.2) is 21.7 Å². The number of nitrogens with zero attached hydrogens (tertiary/aromatic N) is 4. The molecule has 0 amide bonds. The Kier molecular flexibility index (Phi) is 5.62. The molecular formula is C25H22Cl2N4O. The zero-order valence-electron chi connectivity index (χ0n) is 17.9. The number of anilines is 1. The highest BCUT2D eigenvalue weighted by molar-refractivity contribution is 6.30. The third kappa shape index (κ3) is 4.10. The molecule has 2 aromatic heterocycles. The Morgan fingerprint density at radius 3 is 2.34 bits per heavy atom. The van der Waals surface area contributed by atoms with Gasteiger partial charge in [-0.3, -0.25) is 0 Å². The fourth-order valence-electron chi connectivity index (χ4n) is 4.21. The van der Waals surface area contributed by atoms with E-state index < -0.39 is 0 Å². The molecule has 0 atom stereocenters. The van der Waals surface area contributed by atoms with E-state index in [1.54, 1.807) is 0 Å². The highest BCUT2D eigenvalue weighted by Gasteiger charge is 2.27. The second-order valence-electron chi connectivity index (χ2n) is 8.08. The predicted molar refractivity (Wildman–Crippen MR) is 127 cm³/mol. The van der Waals surface area contributed by atoms with Gasteiger partial charge in [0.25, 0.3) is 0 Å². The summed E-state index contributed by atoms with van der Waals surface area (Å²) in [6, 6.07) is 15.6. The molecular weight excluding hydrogens is 443 g/mol. The minimum atomic E-state index is 0.681. The van der Waals surface area contributed by atoms with Crippen molar-refractivity contribution in [1.29, 1.82) is 0 Å². The van der Waals surface area contributed by atoms with Gasteiger partial charge in [-0.25, -0.2) is 9.97 Å². The van der Waals surface area contributed by atoms with Gasteiger partial charge in [0.1, 0.15) is 11.6 Å². The second-order valence-corrected chi connectivity index (χ2v) is 8.95. The third-order valence-corrected chi connectivity index (χ3v) is 6.34. The average molecular weight is 465 g/mol. The van der Waals surface area contributed by atoms with Crippen LogP contribution in [0.1, 0.15) is 33.9 Å². The summed E-state index contributed by atoms with van der Waals surface area (Å²) >= 11 is 12.1. The van der Waals surface area contributed by atoms with E-state index in [0.717, 1.165) is 69.9 Å². The number of fused-ring (bicyclic) bond motifs is 1. The van der Waals surface area contributed by atoms with Crippen LogP contribution < -0.4 is 4.90 Å². The summed E-state index contributed by atoms with van der Waals surface area (Å²) in [4.78, 5) is 11.8. The Morgan fingerprint density at radius 1 is 0.938 bits per heavy atom. The Morgan fingerprint density at radius 2 is 1.62 bits per heavy atom. The van der Waals surface area contributed by atoms with Crippen molar-refractivity contribution in [3.05, 3.63) is 92.5 Å². The summed E-state index contributed by atoms with van der Waals surface area (Å²) in [5.41, 5.74) is 6.39. The van der Waals surface area contributed by atoms with Crippen LogP contribution in [0.3, 0.4) is 0 Å². The van der Waals surface area contributed by atoms with Crippen LogP contribution in [0.4, 0.5) is 5.82 Å². The van der Waals surface area contributed by atoms with E-state index in [2.05, 4.69) is 34.1 Å². The normalized spacial score (nSPS) is 13.3. The first-order valence-electron chi connectivity index (χ1n) is 10.5. The highest BCUT2D eigenvalue weighted by atomic mass is 35.5. The minimum Gasteiger partial charge on any atom is -0.356 e. The van der Waals surface area contributed by atoms with Crippen molar-refractivity contribution in [2.24, 2.45) is 0 Å². The monoisotopic (exact) mass is 464 g/mol. The second kappa shape index (κ2) is 8.57. The maximum absolute atomic E-state index is 6.08. The summed E-state index contributed by atoms with van der Waals surface area (Å²) in [7, 11) is 0. The average Bonchev–Trinajstić information content (AvgIpc) is 3.20. The molecule has 0 spiro atoms. The van der Waals surface area contributed by atoms with Crippen molar-refractivity contribution in [3.8, 4) is 11.3 Å². The van der Waals surface area contributed by atoms with Gasteiger partial charge in [0.15, 0.2) is 5.76 Å². The number of aryl methyl sites for hydroxylation is 2. The molecule has 2 aromatic carbocycles. The van der Waals surface area contributed by atoms with E-state index in [9.17, 15) is 0 Å². The highest BCUT2D eigenvalue weighted by Crippen LogP contribution is 2.34. The lowest BCUT2D eigenvalue weighted by atomic mass is 9.99. The topological polar surface area (TPSA) is 55.1 Å². The van der Waals surface area contributed by atoms with Gasteiger partial charge in [0.2, 0.25) is 0 Å². The zero-order chi connectivity index (χ0) is 22.2. The molecule has 0 radical (unpaired) electrons. The van der Waals surface area contributed by atoms with E-state index in [1.165, 1.54) is 5.56 Å². The van der Waals surface area contributed by atoms with Crippen LogP contribution in [-0.2, 0) is 19.4 Å². The summed E-state index contributed by atoms with van der Waals surface area (Å²) < 4.78 is 5.75. The molecule has 1 aliphatic heterocycles. The quantitative estimate of drug-likeness (QED) is 0.359. The van der Waals surface area contributed by atoms with Gasteiger partial charge in [-0.1, -0.05) is 40.5 Å². The molecule has 0 saturated carbocycles. The Balaban J connectivity index is 1.51. The van der Waals surface area contributed by atoms with Crippen LogP contribution in [0.25, 0.3) is 11.3 Å². The number of halogens is 2. The lowest BCUT2D eigenvalue weighted by Crippen LogP contribution is -2.32. The van der Waals surface area contributed by atoms with Gasteiger partial charge in [0, 0.05) is 51.8 Å². The maximum atomic E-state index is 6.08. The van der Waals surface area contributed by atoms with Gasteiger partial charge < -0.3 is 9.42 Å². The molecule has 0 fully saturated rings. The molecule has 5 rings (SSSR count). The number of hydrogen-bond donors (Lipinski definition) is 0. The van der Waals surface area contributed by atoms with Crippen LogP contribution >= 0.6 is 23.2 Å². The third-order valence-electron chi connectivity index (χ3n) is 5.84. The standard InChI is InChI=1S/C25H22Cl2N4O/c1-15-21(13-17-3-7-19(26)8-4-17)25(29-16(2)28-15)31-12-11-23-22(14-31)24(32-30-23)18-5-9-20(27)10-6-18/h3-10H,11-14H2,1-2H3. The lowest BCUT2D eigenvalue weighted by molar-refractivity contribution is 0.424. The number of benzene rings is 2. The van der Waals surface area contributed by atoms with Crippen LogP contribution in [0.2, 0.25) is 10.0 Å². The fraction of sp³-hybridized carbons (Fsp3) is 0.240. The van der Waals surface area contributed by atoms with Gasteiger partial charge in [-0.05, 0) is 55.8 Å². The Bertz CT molecular complexity index is 1270. The van der Waals surface area contributed by atoms with Crippen LogP contribution in [0.5, 0.6) is 0 Å². The predicted octanol–water partition coefficient (Wildman–Crippen LogP) is 6.21. The van der Waals surface area contributed by atoms with E-state index in [4.69, 9.17) is 32.7 Å². The first kappa shape index (κ1) is 21.0. The largest absolute Gasteiger partial charge is 0.356 e. The van der Waals surface area contributed by atoms with Crippen molar-refractivity contribution in [1.82, 2.24) is 15.1 Å². The van der Waals surface area contributed by atoms with Crippen LogP contribution in [0, 0.1) is 13.8 Å². The molecule has 0 N–H and O–H groups in total. The minimum absolute atomic E-state index is 0.681. The molecule has 4 aromatic rings. The van der Waals surface area contributed by atoms with E-state index in [1.807, 2.05) is 43.3 Å². The maximum Gasteiger partial charge on any atom is 0.172 e. The summed E-state index contributed by atoms with van der Waals surface area (Å²) in [6.45, 7) is 5.50. The van der Waals surface area contributed by atoms with Gasteiger partial charge >= 0.3 is 0 Å². The molecule has 0 saturated heterocycles. The molecule has 3 heterocycles. The van der Waals surface area contributed by atoms with Gasteiger partial charge in [-0.2, -0.15) is 0 Å². The molecule has 162 valence electrons. The Hall–Kier alpha value is -2.89. The van der Waals surface area contributed by atoms with E-state index in [0.29, 0.717) is 11.6 Å². The van der Waals surface area contributed by atoms with Crippen molar-refractivity contribution in [3.63, 3.8) is 0 Å². The smallest absolute Gasteiger partial charge is 0.172 e. The molecule has 32 heavy (non-hydrogen) atoms. The lowest BCUT2D eigenvalue weighted by Gasteiger charge is -2.30. The molecule has 0 aliphatic carbocycles. The Labute approximate surface area is 197 Å². The molecule has 7 heteroatoms. The summed E-state index contributed by atoms with van der Waals surface area (Å²) in [5, 5.41) is 5.77. The molecule has 1 aliphatic rings. The first-order chi connectivity index (χ1) is 15.5. The number of hydrogen-bond acceptors (Lipinski definition) is 5. The SMILES string of the molecule is Cc1nc(C)c(Cc2ccc(Cl)cc2)c(N2CCc3noc(-c4ccc(Cl)cc4)c3C2)n1. The summed E-state index contributed by atoms with van der Waals surface area (Å²) in [5.74, 6) is 2.54. The van der Waals surface area contributed by atoms with Crippen molar-refractivity contribution >= 4 is 29.0 Å². The molecule has 0 unspecified atom stereocenters. The summed E-state index contributed by atoms with van der Waals surface area (Å²) in [6.07, 6.45) is 1.55. The van der Waals surface area contributed by atoms with E-state index in [-0.39, 0.29) is 0 Å². The van der Waals surface area contributed by atoms with E-state index >= 15 is 0 Å². The number of rotatable bonds is 4. The van der Waals surface area contributed by atoms with Crippen LogP contribution in [0.15, 0.2) is 53.1 Å². The zero-order valence-corrected chi connectivity index (χ0v) is 19.4. The number of aromatic nitrogens is 3. The van der Waals surface area contributed by atoms with Crippen molar-refractivity contribution < 1.29 is 4.52 Å². The van der Waals surface area contributed by atoms with Gasteiger partial charge in [-0.15, -0.1) is 0 Å².